The zero-order valence-electron chi connectivity index (χ0n) is 19.4. The summed E-state index contributed by atoms with van der Waals surface area (Å²) in [7, 11) is -3.15. The van der Waals surface area contributed by atoms with E-state index in [-0.39, 0.29) is 25.0 Å². The summed E-state index contributed by atoms with van der Waals surface area (Å²) in [6.45, 7) is 2.25. The first-order chi connectivity index (χ1) is 17.1. The topological polar surface area (TPSA) is 204 Å². The summed E-state index contributed by atoms with van der Waals surface area (Å²) in [6.07, 6.45) is -2.73. The van der Waals surface area contributed by atoms with Crippen molar-refractivity contribution in [2.45, 2.75) is 63.6 Å². The molecule has 36 heavy (non-hydrogen) atoms. The maximum Gasteiger partial charge on any atom is 0.330 e. The largest absolute Gasteiger partial charge is 0.394 e. The minimum atomic E-state index is -3.15. The second kappa shape index (κ2) is 10.8. The van der Waals surface area contributed by atoms with E-state index in [9.17, 15) is 34.0 Å². The molecule has 2 aromatic heterocycles. The SMILES string of the molecule is Cc1cn([C@H]2C[C@H](O[PH](=O)OC[C@H]3O[C@@H](n4cc(C)c(=O)[nH]c4=O)C[C@@H]3O)[C@@H](CO)O2)c(=O)[nH]c1=O. The molecule has 0 radical (unpaired) electrons. The molecule has 1 unspecified atom stereocenters. The number of aromatic amines is 2. The van der Waals surface area contributed by atoms with Gasteiger partial charge in [0.1, 0.15) is 24.7 Å². The van der Waals surface area contributed by atoms with Crippen LogP contribution in [0.4, 0.5) is 0 Å². The summed E-state index contributed by atoms with van der Waals surface area (Å²) in [4.78, 5) is 51.7. The first-order valence-electron chi connectivity index (χ1n) is 11.1. The molecule has 0 aliphatic carbocycles. The number of ether oxygens (including phenoxy) is 2. The Hall–Kier alpha value is -2.65. The number of aliphatic hydroxyl groups is 2. The lowest BCUT2D eigenvalue weighted by Gasteiger charge is -2.18. The number of hydrogen-bond donors (Lipinski definition) is 4. The summed E-state index contributed by atoms with van der Waals surface area (Å²) in [5.74, 6) is 0. The van der Waals surface area contributed by atoms with Crippen LogP contribution in [0, 0.1) is 13.8 Å². The van der Waals surface area contributed by atoms with Crippen LogP contribution >= 0.6 is 8.25 Å². The molecule has 2 saturated heterocycles. The van der Waals surface area contributed by atoms with Crippen LogP contribution in [0.2, 0.25) is 0 Å². The molecule has 0 bridgehead atoms. The van der Waals surface area contributed by atoms with Gasteiger partial charge in [0.15, 0.2) is 0 Å². The number of aryl methyl sites for hydroxylation is 2. The number of rotatable bonds is 8. The van der Waals surface area contributed by atoms with Crippen molar-refractivity contribution in [1.29, 1.82) is 0 Å². The fourth-order valence-corrected chi connectivity index (χ4v) is 4.97. The van der Waals surface area contributed by atoms with E-state index in [1.807, 2.05) is 0 Å². The zero-order chi connectivity index (χ0) is 26.1. The predicted octanol–water partition coefficient (Wildman–Crippen LogP) is -1.58. The Morgan fingerprint density at radius 1 is 0.972 bits per heavy atom. The summed E-state index contributed by atoms with van der Waals surface area (Å²) >= 11 is 0. The van der Waals surface area contributed by atoms with Crippen LogP contribution in [0.1, 0.15) is 36.4 Å². The molecule has 0 saturated carbocycles. The standard InChI is InChI=1S/C20H27N4O11P/c1-9-5-23(19(29)21-17(9)27)15-3-11(26)14(34-15)8-32-36(31)35-12-4-16(33-13(12)7-25)24-6-10(2)18(28)22-20(24)30/h5-6,11-16,25-26,36H,3-4,7-8H2,1-2H3,(H,21,27,29)(H,22,28,30)/t11-,12-,13+,14+,15+,16+/m0/s1. The van der Waals surface area contributed by atoms with Crippen molar-refractivity contribution in [3.05, 3.63) is 65.2 Å². The molecule has 4 heterocycles. The third kappa shape index (κ3) is 5.52. The molecule has 16 heteroatoms. The van der Waals surface area contributed by atoms with Gasteiger partial charge in [-0.1, -0.05) is 0 Å². The van der Waals surface area contributed by atoms with E-state index in [1.165, 1.54) is 26.2 Å². The molecular formula is C20H27N4O11P. The lowest BCUT2D eigenvalue weighted by Crippen LogP contribution is -2.33. The van der Waals surface area contributed by atoms with Gasteiger partial charge in [-0.2, -0.15) is 0 Å². The molecule has 2 fully saturated rings. The second-order valence-electron chi connectivity index (χ2n) is 8.65. The van der Waals surface area contributed by atoms with Gasteiger partial charge in [-0.15, -0.1) is 0 Å². The van der Waals surface area contributed by atoms with Crippen LogP contribution < -0.4 is 22.5 Å². The molecule has 2 aliphatic heterocycles. The predicted molar refractivity (Wildman–Crippen MR) is 122 cm³/mol. The zero-order valence-corrected chi connectivity index (χ0v) is 20.4. The van der Waals surface area contributed by atoms with Crippen LogP contribution in [-0.4, -0.2) is 66.9 Å². The second-order valence-corrected chi connectivity index (χ2v) is 9.68. The molecule has 4 N–H and O–H groups in total. The Kier molecular flexibility index (Phi) is 7.90. The van der Waals surface area contributed by atoms with Gasteiger partial charge in [0, 0.05) is 36.4 Å². The lowest BCUT2D eigenvalue weighted by atomic mass is 10.2. The number of nitrogens with zero attached hydrogens (tertiary/aromatic N) is 2. The van der Waals surface area contributed by atoms with Gasteiger partial charge in [0.2, 0.25) is 0 Å². The van der Waals surface area contributed by atoms with Gasteiger partial charge in [-0.05, 0) is 13.8 Å². The quantitative estimate of drug-likeness (QED) is 0.287. The van der Waals surface area contributed by atoms with E-state index in [0.29, 0.717) is 5.56 Å². The van der Waals surface area contributed by atoms with E-state index in [2.05, 4.69) is 9.97 Å². The van der Waals surface area contributed by atoms with Crippen molar-refractivity contribution in [1.82, 2.24) is 19.1 Å². The van der Waals surface area contributed by atoms with Crippen molar-refractivity contribution >= 4 is 8.25 Å². The average molecular weight is 530 g/mol. The van der Waals surface area contributed by atoms with Crippen molar-refractivity contribution < 1.29 is 33.3 Å². The van der Waals surface area contributed by atoms with Gasteiger partial charge in [-0.3, -0.25) is 33.3 Å². The third-order valence-electron chi connectivity index (χ3n) is 6.09. The van der Waals surface area contributed by atoms with Gasteiger partial charge < -0.3 is 28.7 Å². The van der Waals surface area contributed by atoms with Crippen LogP contribution in [0.25, 0.3) is 0 Å². The molecule has 15 nitrogen and oxygen atoms in total. The van der Waals surface area contributed by atoms with Gasteiger partial charge >= 0.3 is 19.6 Å². The molecule has 7 atom stereocenters. The maximum absolute atomic E-state index is 12.5. The average Bonchev–Trinajstić information content (AvgIpc) is 3.40. The molecule has 4 rings (SSSR count). The Morgan fingerprint density at radius 2 is 1.50 bits per heavy atom. The Bertz CT molecular complexity index is 1360. The Morgan fingerprint density at radius 3 is 2.06 bits per heavy atom. The molecule has 0 amide bonds. The van der Waals surface area contributed by atoms with Gasteiger partial charge in [0.25, 0.3) is 11.1 Å². The summed E-state index contributed by atoms with van der Waals surface area (Å²) in [5, 5.41) is 19.9. The van der Waals surface area contributed by atoms with Gasteiger partial charge in [0.05, 0.1) is 25.4 Å². The van der Waals surface area contributed by atoms with Crippen molar-refractivity contribution in [2.24, 2.45) is 0 Å². The summed E-state index contributed by atoms with van der Waals surface area (Å²) in [5.41, 5.74) is -1.86. The highest BCUT2D eigenvalue weighted by molar-refractivity contribution is 7.33. The Labute approximate surface area is 203 Å². The minimum absolute atomic E-state index is 0.0409. The molecule has 198 valence electrons. The van der Waals surface area contributed by atoms with Gasteiger partial charge in [-0.25, -0.2) is 9.59 Å². The number of aliphatic hydroxyl groups excluding tert-OH is 2. The molecule has 0 spiro atoms. The lowest BCUT2D eigenvalue weighted by molar-refractivity contribution is -0.0504. The summed E-state index contributed by atoms with van der Waals surface area (Å²) < 4.78 is 36.8. The first kappa shape index (κ1) is 26.4. The Balaban J connectivity index is 1.35. The van der Waals surface area contributed by atoms with Crippen LogP contribution in [0.15, 0.2) is 31.6 Å². The van der Waals surface area contributed by atoms with E-state index in [0.717, 1.165) is 9.13 Å². The molecule has 2 aliphatic rings. The van der Waals surface area contributed by atoms with Crippen LogP contribution in [0.5, 0.6) is 0 Å². The fraction of sp³-hybridized carbons (Fsp3) is 0.600. The van der Waals surface area contributed by atoms with Crippen LogP contribution in [0.3, 0.4) is 0 Å². The number of aromatic nitrogens is 4. The molecule has 0 aromatic carbocycles. The van der Waals surface area contributed by atoms with Crippen LogP contribution in [-0.2, 0) is 23.1 Å². The van der Waals surface area contributed by atoms with E-state index >= 15 is 0 Å². The smallest absolute Gasteiger partial charge is 0.330 e. The highest BCUT2D eigenvalue weighted by atomic mass is 31.1. The minimum Gasteiger partial charge on any atom is -0.394 e. The van der Waals surface area contributed by atoms with Crippen molar-refractivity contribution in [3.63, 3.8) is 0 Å². The highest BCUT2D eigenvalue weighted by Gasteiger charge is 2.39. The summed E-state index contributed by atoms with van der Waals surface area (Å²) in [6, 6.07) is 0. The van der Waals surface area contributed by atoms with E-state index < -0.39 is 74.2 Å². The normalized spacial score (nSPS) is 29.0. The first-order valence-corrected chi connectivity index (χ1v) is 12.4. The van der Waals surface area contributed by atoms with Crippen molar-refractivity contribution in [3.8, 4) is 0 Å². The molecule has 2 aromatic rings. The number of hydrogen-bond acceptors (Lipinski definition) is 11. The highest BCUT2D eigenvalue weighted by Crippen LogP contribution is 2.38. The van der Waals surface area contributed by atoms with Crippen molar-refractivity contribution in [2.75, 3.05) is 13.2 Å². The van der Waals surface area contributed by atoms with E-state index in [1.54, 1.807) is 0 Å². The number of H-pyrrole nitrogens is 2. The molecular weight excluding hydrogens is 503 g/mol. The fourth-order valence-electron chi connectivity index (χ4n) is 4.10. The number of nitrogens with one attached hydrogen (secondary N) is 2. The monoisotopic (exact) mass is 530 g/mol. The third-order valence-corrected chi connectivity index (χ3v) is 6.99. The van der Waals surface area contributed by atoms with E-state index in [4.69, 9.17) is 18.5 Å². The maximum atomic E-state index is 12.5.